The average molecular weight is 430 g/mol. The number of benzene rings is 2. The molecule has 4 aromatic rings. The summed E-state index contributed by atoms with van der Waals surface area (Å²) in [6.45, 7) is 4.46. The molecule has 2 aromatic carbocycles. The van der Waals surface area contributed by atoms with E-state index in [1.54, 1.807) is 4.52 Å². The molecule has 1 amide bonds. The van der Waals surface area contributed by atoms with Crippen molar-refractivity contribution in [2.75, 3.05) is 31.1 Å². The Labute approximate surface area is 185 Å². The maximum Gasteiger partial charge on any atom is 0.254 e. The molecule has 1 aliphatic heterocycles. The smallest absolute Gasteiger partial charge is 0.254 e. The van der Waals surface area contributed by atoms with Crippen molar-refractivity contribution in [1.29, 1.82) is 0 Å². The van der Waals surface area contributed by atoms with Gasteiger partial charge in [0.25, 0.3) is 11.7 Å². The van der Waals surface area contributed by atoms with E-state index in [9.17, 15) is 9.18 Å². The zero-order valence-corrected chi connectivity index (χ0v) is 17.8. The Bertz CT molecular complexity index is 1250. The van der Waals surface area contributed by atoms with Crippen LogP contribution in [0.25, 0.3) is 5.78 Å². The van der Waals surface area contributed by atoms with Crippen LogP contribution in [0, 0.1) is 12.7 Å². The van der Waals surface area contributed by atoms with Crippen molar-refractivity contribution >= 4 is 17.5 Å². The van der Waals surface area contributed by atoms with E-state index >= 15 is 0 Å². The van der Waals surface area contributed by atoms with Crippen molar-refractivity contribution in [1.82, 2.24) is 24.5 Å². The summed E-state index contributed by atoms with van der Waals surface area (Å²) in [6, 6.07) is 16.0. The molecule has 0 atom stereocenters. The largest absolute Gasteiger partial charge is 0.353 e. The van der Waals surface area contributed by atoms with E-state index < -0.39 is 0 Å². The first-order valence-corrected chi connectivity index (χ1v) is 10.6. The van der Waals surface area contributed by atoms with Gasteiger partial charge in [0.1, 0.15) is 18.0 Å². The van der Waals surface area contributed by atoms with E-state index in [2.05, 4.69) is 32.1 Å². The van der Waals surface area contributed by atoms with Gasteiger partial charge in [-0.1, -0.05) is 30.3 Å². The van der Waals surface area contributed by atoms with Crippen LogP contribution in [-0.2, 0) is 6.42 Å². The van der Waals surface area contributed by atoms with Gasteiger partial charge in [-0.25, -0.2) is 9.37 Å². The molecule has 7 nitrogen and oxygen atoms in total. The van der Waals surface area contributed by atoms with Crippen molar-refractivity contribution < 1.29 is 9.18 Å². The van der Waals surface area contributed by atoms with Crippen molar-refractivity contribution in [3.05, 3.63) is 89.1 Å². The highest BCUT2D eigenvalue weighted by atomic mass is 19.1. The zero-order chi connectivity index (χ0) is 22.1. The van der Waals surface area contributed by atoms with Crippen LogP contribution >= 0.6 is 0 Å². The molecule has 0 bridgehead atoms. The number of anilines is 1. The van der Waals surface area contributed by atoms with Crippen molar-refractivity contribution in [3.8, 4) is 0 Å². The lowest BCUT2D eigenvalue weighted by atomic mass is 10.0. The fourth-order valence-electron chi connectivity index (χ4n) is 4.20. The van der Waals surface area contributed by atoms with Crippen molar-refractivity contribution in [2.45, 2.75) is 13.3 Å². The Morgan fingerprint density at radius 3 is 2.44 bits per heavy atom. The Morgan fingerprint density at radius 2 is 1.72 bits per heavy atom. The Hall–Kier alpha value is -3.81. The normalized spacial score (nSPS) is 14.2. The number of amides is 1. The molecule has 5 rings (SSSR count). The topological polar surface area (TPSA) is 66.6 Å². The maximum atomic E-state index is 13.2. The maximum absolute atomic E-state index is 13.2. The quantitative estimate of drug-likeness (QED) is 0.498. The molecule has 1 saturated heterocycles. The van der Waals surface area contributed by atoms with Crippen LogP contribution in [0.3, 0.4) is 0 Å². The van der Waals surface area contributed by atoms with E-state index in [0.717, 1.165) is 23.5 Å². The van der Waals surface area contributed by atoms with Gasteiger partial charge in [-0.2, -0.15) is 14.6 Å². The molecule has 0 N–H and O–H groups in total. The fourth-order valence-corrected chi connectivity index (χ4v) is 4.20. The molecule has 0 spiro atoms. The summed E-state index contributed by atoms with van der Waals surface area (Å²) in [6.07, 6.45) is 2.26. The number of piperazine rings is 1. The first-order chi connectivity index (χ1) is 15.6. The number of aromatic nitrogens is 4. The van der Waals surface area contributed by atoms with Crippen LogP contribution in [-0.4, -0.2) is 56.6 Å². The summed E-state index contributed by atoms with van der Waals surface area (Å²) < 4.78 is 15.0. The predicted molar refractivity (Wildman–Crippen MR) is 119 cm³/mol. The highest BCUT2D eigenvalue weighted by Crippen LogP contribution is 2.27. The van der Waals surface area contributed by atoms with Gasteiger partial charge >= 0.3 is 0 Å². The van der Waals surface area contributed by atoms with Crippen LogP contribution in [0.1, 0.15) is 27.2 Å². The molecule has 1 aliphatic rings. The van der Waals surface area contributed by atoms with Gasteiger partial charge in [-0.3, -0.25) is 4.79 Å². The fraction of sp³-hybridized carbons (Fsp3) is 0.250. The number of rotatable bonds is 4. The third-order valence-electron chi connectivity index (χ3n) is 5.89. The molecular formula is C24H23FN6O. The molecule has 2 aromatic heterocycles. The molecule has 32 heavy (non-hydrogen) atoms. The molecule has 1 fully saturated rings. The second kappa shape index (κ2) is 8.37. The van der Waals surface area contributed by atoms with E-state index in [1.165, 1.54) is 36.2 Å². The summed E-state index contributed by atoms with van der Waals surface area (Å²) in [5.41, 5.74) is 3.73. The van der Waals surface area contributed by atoms with Crippen LogP contribution < -0.4 is 4.90 Å². The standard InChI is InChI=1S/C24H23FN6O/c1-17-21(15-18-5-3-2-4-6-18)22(31-24(28-17)26-16-27-31)29-11-13-30(14-12-29)23(32)19-7-9-20(25)10-8-19/h2-10,16H,11-15H2,1H3. The number of hydrogen-bond acceptors (Lipinski definition) is 5. The Kier molecular flexibility index (Phi) is 5.26. The Morgan fingerprint density at radius 1 is 1.00 bits per heavy atom. The third-order valence-corrected chi connectivity index (χ3v) is 5.89. The zero-order valence-electron chi connectivity index (χ0n) is 17.8. The van der Waals surface area contributed by atoms with Gasteiger partial charge in [-0.05, 0) is 36.8 Å². The monoisotopic (exact) mass is 430 g/mol. The van der Waals surface area contributed by atoms with Gasteiger partial charge in [0.2, 0.25) is 0 Å². The number of carbonyl (C=O) groups excluding carboxylic acids is 1. The average Bonchev–Trinajstić information content (AvgIpc) is 3.28. The number of carbonyl (C=O) groups is 1. The molecule has 0 radical (unpaired) electrons. The van der Waals surface area contributed by atoms with Crippen LogP contribution in [0.4, 0.5) is 10.2 Å². The highest BCUT2D eigenvalue weighted by molar-refractivity contribution is 5.94. The highest BCUT2D eigenvalue weighted by Gasteiger charge is 2.26. The van der Waals surface area contributed by atoms with Gasteiger partial charge in [0, 0.05) is 49.4 Å². The van der Waals surface area contributed by atoms with Crippen molar-refractivity contribution in [3.63, 3.8) is 0 Å². The van der Waals surface area contributed by atoms with Gasteiger partial charge in [-0.15, -0.1) is 0 Å². The minimum atomic E-state index is -0.345. The summed E-state index contributed by atoms with van der Waals surface area (Å²) in [5, 5.41) is 4.43. The Balaban J connectivity index is 1.42. The summed E-state index contributed by atoms with van der Waals surface area (Å²) in [7, 11) is 0. The number of hydrogen-bond donors (Lipinski definition) is 0. The number of fused-ring (bicyclic) bond motifs is 1. The molecule has 0 aliphatic carbocycles. The van der Waals surface area contributed by atoms with E-state index in [0.29, 0.717) is 37.5 Å². The first-order valence-electron chi connectivity index (χ1n) is 10.6. The van der Waals surface area contributed by atoms with Gasteiger partial charge < -0.3 is 9.80 Å². The predicted octanol–water partition coefficient (Wildman–Crippen LogP) is 3.13. The lowest BCUT2D eigenvalue weighted by Gasteiger charge is -2.37. The second-order valence-electron chi connectivity index (χ2n) is 7.92. The molecular weight excluding hydrogens is 407 g/mol. The van der Waals surface area contributed by atoms with E-state index in [-0.39, 0.29) is 11.7 Å². The van der Waals surface area contributed by atoms with Crippen LogP contribution in [0.2, 0.25) is 0 Å². The van der Waals surface area contributed by atoms with E-state index in [1.807, 2.05) is 30.0 Å². The molecule has 8 heteroatoms. The van der Waals surface area contributed by atoms with Crippen LogP contribution in [0.15, 0.2) is 60.9 Å². The van der Waals surface area contributed by atoms with Crippen molar-refractivity contribution in [2.24, 2.45) is 0 Å². The number of halogens is 1. The SMILES string of the molecule is Cc1nc2ncnn2c(N2CCN(C(=O)c3ccc(F)cc3)CC2)c1Cc1ccccc1. The molecule has 0 saturated carbocycles. The van der Waals surface area contributed by atoms with E-state index in [4.69, 9.17) is 0 Å². The molecule has 162 valence electrons. The van der Waals surface area contributed by atoms with Gasteiger partial charge in [0.15, 0.2) is 0 Å². The number of nitrogens with zero attached hydrogens (tertiary/aromatic N) is 6. The third kappa shape index (κ3) is 3.79. The minimum Gasteiger partial charge on any atom is -0.353 e. The van der Waals surface area contributed by atoms with Gasteiger partial charge in [0.05, 0.1) is 0 Å². The summed E-state index contributed by atoms with van der Waals surface area (Å²) in [4.78, 5) is 25.8. The lowest BCUT2D eigenvalue weighted by Crippen LogP contribution is -2.49. The van der Waals surface area contributed by atoms with Crippen LogP contribution in [0.5, 0.6) is 0 Å². The minimum absolute atomic E-state index is 0.0778. The first kappa shape index (κ1) is 20.1. The molecule has 0 unspecified atom stereocenters. The summed E-state index contributed by atoms with van der Waals surface area (Å²) >= 11 is 0. The number of aryl methyl sites for hydroxylation is 1. The molecule has 3 heterocycles. The lowest BCUT2D eigenvalue weighted by molar-refractivity contribution is 0.0746. The second-order valence-corrected chi connectivity index (χ2v) is 7.92. The summed E-state index contributed by atoms with van der Waals surface area (Å²) in [5.74, 6) is 1.12.